The van der Waals surface area contributed by atoms with E-state index in [0.717, 1.165) is 4.47 Å². The van der Waals surface area contributed by atoms with Crippen molar-refractivity contribution in [3.63, 3.8) is 0 Å². The Balaban J connectivity index is 2.21. The van der Waals surface area contributed by atoms with Gasteiger partial charge >= 0.3 is 5.97 Å². The summed E-state index contributed by atoms with van der Waals surface area (Å²) in [6, 6.07) is 8.78. The third-order valence-corrected chi connectivity index (χ3v) is 4.82. The highest BCUT2D eigenvalue weighted by Gasteiger charge is 2.23. The van der Waals surface area contributed by atoms with Crippen molar-refractivity contribution in [2.24, 2.45) is 0 Å². The topological polar surface area (TPSA) is 109 Å². The van der Waals surface area contributed by atoms with Crippen LogP contribution in [0.5, 0.6) is 0 Å². The summed E-state index contributed by atoms with van der Waals surface area (Å²) in [5, 5.41) is 14.3. The molecule has 0 saturated carbocycles. The first kappa shape index (κ1) is 21.8. The van der Waals surface area contributed by atoms with Crippen LogP contribution in [0.3, 0.4) is 0 Å². The molecule has 2 rings (SSSR count). The van der Waals surface area contributed by atoms with Gasteiger partial charge in [0.05, 0.1) is 6.26 Å². The lowest BCUT2D eigenvalue weighted by Crippen LogP contribution is -2.44. The first-order valence-corrected chi connectivity index (χ1v) is 10.4. The zero-order valence-corrected chi connectivity index (χ0v) is 17.4. The van der Waals surface area contributed by atoms with Crippen LogP contribution in [0, 0.1) is 0 Å². The van der Waals surface area contributed by atoms with Gasteiger partial charge < -0.3 is 20.2 Å². The number of carboxylic acid groups (broad SMARTS) is 1. The molecular weight excluding hydrogens is 448 g/mol. The predicted octanol–water partition coefficient (Wildman–Crippen LogP) is 3.14. The van der Waals surface area contributed by atoms with E-state index in [0.29, 0.717) is 17.1 Å². The van der Waals surface area contributed by atoms with Crippen LogP contribution < -0.4 is 10.6 Å². The first-order chi connectivity index (χ1) is 13.4. The fourth-order valence-corrected chi connectivity index (χ4v) is 2.93. The van der Waals surface area contributed by atoms with Gasteiger partial charge in [0.1, 0.15) is 17.5 Å². The van der Waals surface area contributed by atoms with E-state index in [4.69, 9.17) is 4.42 Å². The number of furan rings is 1. The molecule has 2 amide bonds. The smallest absolute Gasteiger partial charge is 0.326 e. The molecule has 7 nitrogen and oxygen atoms in total. The van der Waals surface area contributed by atoms with Crippen LogP contribution in [0.1, 0.15) is 22.5 Å². The number of hydrogen-bond donors (Lipinski definition) is 3. The summed E-state index contributed by atoms with van der Waals surface area (Å²) in [5.74, 6) is -1.44. The average molecular weight is 467 g/mol. The largest absolute Gasteiger partial charge is 0.480 e. The summed E-state index contributed by atoms with van der Waals surface area (Å²) < 4.78 is 6.01. The molecule has 0 aliphatic rings. The van der Waals surface area contributed by atoms with E-state index in [-0.39, 0.29) is 12.1 Å². The lowest BCUT2D eigenvalue weighted by atomic mass is 10.2. The molecule has 0 radical (unpaired) electrons. The third kappa shape index (κ3) is 6.58. The van der Waals surface area contributed by atoms with Crippen molar-refractivity contribution in [3.05, 3.63) is 64.2 Å². The molecule has 0 fully saturated rings. The van der Waals surface area contributed by atoms with Gasteiger partial charge in [0.2, 0.25) is 0 Å². The molecule has 0 unspecified atom stereocenters. The van der Waals surface area contributed by atoms with Gasteiger partial charge in [-0.25, -0.2) is 4.79 Å². The Kier molecular flexibility index (Phi) is 8.34. The third-order valence-electron chi connectivity index (χ3n) is 3.64. The van der Waals surface area contributed by atoms with E-state index in [1.54, 1.807) is 36.4 Å². The molecule has 0 aliphatic heterocycles. The molecule has 2 aromatic rings. The number of rotatable bonds is 9. The number of halogens is 1. The maximum absolute atomic E-state index is 12.7. The van der Waals surface area contributed by atoms with Gasteiger partial charge in [0.15, 0.2) is 0 Å². The van der Waals surface area contributed by atoms with Gasteiger partial charge in [-0.3, -0.25) is 9.59 Å². The van der Waals surface area contributed by atoms with Gasteiger partial charge in [-0.1, -0.05) is 15.9 Å². The summed E-state index contributed by atoms with van der Waals surface area (Å²) in [6.45, 7) is 0. The van der Waals surface area contributed by atoms with Crippen LogP contribution in [0.15, 0.2) is 57.2 Å². The molecule has 1 atom stereocenters. The minimum Gasteiger partial charge on any atom is -0.480 e. The molecule has 1 aromatic carbocycles. The Morgan fingerprint density at radius 1 is 1.25 bits per heavy atom. The molecule has 1 heterocycles. The van der Waals surface area contributed by atoms with Crippen molar-refractivity contribution in [2.45, 2.75) is 12.5 Å². The number of carboxylic acids is 1. The number of carbonyl (C=O) groups is 3. The maximum atomic E-state index is 12.7. The monoisotopic (exact) mass is 466 g/mol. The summed E-state index contributed by atoms with van der Waals surface area (Å²) in [7, 11) is 0. The number of amides is 2. The minimum atomic E-state index is -1.14. The summed E-state index contributed by atoms with van der Waals surface area (Å²) in [5.41, 5.74) is 0.233. The fraction of sp³-hybridized carbons (Fsp3) is 0.211. The molecule has 0 saturated heterocycles. The second kappa shape index (κ2) is 10.7. The standard InChI is InChI=1S/C19H19BrN2O5S/c1-28-10-8-15(19(25)26)21-18(24)16(11-14-3-2-9-27-14)22-17(23)12-4-6-13(20)7-5-12/h2-7,9,11,15H,8,10H2,1H3,(H,21,24)(H,22,23)(H,25,26)/b16-11-/t15-/m1/s1. The summed E-state index contributed by atoms with van der Waals surface area (Å²) >= 11 is 4.77. The van der Waals surface area contributed by atoms with Crippen LogP contribution >= 0.6 is 27.7 Å². The minimum absolute atomic E-state index is 0.113. The van der Waals surface area contributed by atoms with Crippen molar-refractivity contribution in [1.29, 1.82) is 0 Å². The number of thioether (sulfide) groups is 1. The van der Waals surface area contributed by atoms with Crippen molar-refractivity contribution >= 4 is 51.6 Å². The van der Waals surface area contributed by atoms with E-state index in [9.17, 15) is 19.5 Å². The Morgan fingerprint density at radius 2 is 1.96 bits per heavy atom. The van der Waals surface area contributed by atoms with Crippen molar-refractivity contribution in [2.75, 3.05) is 12.0 Å². The van der Waals surface area contributed by atoms with Crippen LogP contribution in [-0.2, 0) is 9.59 Å². The van der Waals surface area contributed by atoms with Crippen molar-refractivity contribution < 1.29 is 23.9 Å². The van der Waals surface area contributed by atoms with Crippen molar-refractivity contribution in [3.8, 4) is 0 Å². The van der Waals surface area contributed by atoms with Gasteiger partial charge in [-0.15, -0.1) is 0 Å². The number of nitrogens with one attached hydrogen (secondary N) is 2. The molecule has 9 heteroatoms. The maximum Gasteiger partial charge on any atom is 0.326 e. The molecule has 3 N–H and O–H groups in total. The number of hydrogen-bond acceptors (Lipinski definition) is 5. The SMILES string of the molecule is CSCC[C@@H](NC(=O)/C(=C/c1ccco1)NC(=O)c1ccc(Br)cc1)C(=O)O. The molecule has 28 heavy (non-hydrogen) atoms. The highest BCUT2D eigenvalue weighted by molar-refractivity contribution is 9.10. The summed E-state index contributed by atoms with van der Waals surface area (Å²) in [4.78, 5) is 36.6. The van der Waals surface area contributed by atoms with E-state index < -0.39 is 23.8 Å². The lowest BCUT2D eigenvalue weighted by molar-refractivity contribution is -0.141. The molecule has 148 valence electrons. The highest BCUT2D eigenvalue weighted by Crippen LogP contribution is 2.12. The molecular formula is C19H19BrN2O5S. The van der Waals surface area contributed by atoms with Gasteiger partial charge in [-0.05, 0) is 54.8 Å². The Hall–Kier alpha value is -2.52. The van der Waals surface area contributed by atoms with E-state index >= 15 is 0 Å². The van der Waals surface area contributed by atoms with E-state index in [1.165, 1.54) is 24.1 Å². The zero-order chi connectivity index (χ0) is 20.5. The Bertz CT molecular complexity index is 850. The van der Waals surface area contributed by atoms with Gasteiger partial charge in [0.25, 0.3) is 11.8 Å². The second-order valence-electron chi connectivity index (χ2n) is 5.68. The van der Waals surface area contributed by atoms with Crippen molar-refractivity contribution in [1.82, 2.24) is 10.6 Å². The van der Waals surface area contributed by atoms with E-state index in [1.807, 2.05) is 6.26 Å². The van der Waals surface area contributed by atoms with E-state index in [2.05, 4.69) is 26.6 Å². The number of aliphatic carboxylic acids is 1. The molecule has 0 bridgehead atoms. The normalized spacial score (nSPS) is 12.3. The summed E-state index contributed by atoms with van der Waals surface area (Å²) in [6.07, 6.45) is 4.88. The second-order valence-corrected chi connectivity index (χ2v) is 7.58. The fourth-order valence-electron chi connectivity index (χ4n) is 2.20. The molecule has 0 aliphatic carbocycles. The van der Waals surface area contributed by atoms with Crippen LogP contribution in [0.2, 0.25) is 0 Å². The van der Waals surface area contributed by atoms with Crippen LogP contribution in [0.4, 0.5) is 0 Å². The number of carbonyl (C=O) groups excluding carboxylic acids is 2. The first-order valence-electron chi connectivity index (χ1n) is 8.25. The van der Waals surface area contributed by atoms with Crippen LogP contribution in [-0.4, -0.2) is 40.9 Å². The number of benzene rings is 1. The molecule has 1 aromatic heterocycles. The Morgan fingerprint density at radius 3 is 2.54 bits per heavy atom. The van der Waals surface area contributed by atoms with Crippen LogP contribution in [0.25, 0.3) is 6.08 Å². The van der Waals surface area contributed by atoms with Gasteiger partial charge in [0, 0.05) is 16.1 Å². The molecule has 0 spiro atoms. The average Bonchev–Trinajstić information content (AvgIpc) is 3.17. The lowest BCUT2D eigenvalue weighted by Gasteiger charge is -2.16. The zero-order valence-electron chi connectivity index (χ0n) is 15.0. The van der Waals surface area contributed by atoms with Gasteiger partial charge in [-0.2, -0.15) is 11.8 Å². The quantitative estimate of drug-likeness (QED) is 0.489. The highest BCUT2D eigenvalue weighted by atomic mass is 79.9. The predicted molar refractivity (Wildman–Crippen MR) is 111 cm³/mol. The Labute approximate surface area is 174 Å².